The molecule has 4 heteroatoms. The SMILES string of the molecule is CCCc1cc(C(=O)OC)cc(OC)c1O. The van der Waals surface area contributed by atoms with Gasteiger partial charge in [-0.3, -0.25) is 0 Å². The third-order valence-electron chi connectivity index (χ3n) is 2.31. The minimum atomic E-state index is -0.435. The van der Waals surface area contributed by atoms with Crippen LogP contribution in [0.2, 0.25) is 0 Å². The van der Waals surface area contributed by atoms with E-state index >= 15 is 0 Å². The van der Waals surface area contributed by atoms with E-state index < -0.39 is 5.97 Å². The summed E-state index contributed by atoms with van der Waals surface area (Å²) in [4.78, 5) is 11.4. The van der Waals surface area contributed by atoms with Gasteiger partial charge in [0.1, 0.15) is 0 Å². The summed E-state index contributed by atoms with van der Waals surface area (Å²) in [6.45, 7) is 2.00. The zero-order chi connectivity index (χ0) is 12.1. The number of methoxy groups -OCH3 is 2. The van der Waals surface area contributed by atoms with E-state index in [-0.39, 0.29) is 5.75 Å². The minimum absolute atomic E-state index is 0.0944. The van der Waals surface area contributed by atoms with E-state index in [1.165, 1.54) is 20.3 Å². The second kappa shape index (κ2) is 5.39. The molecule has 1 aromatic rings. The lowest BCUT2D eigenvalue weighted by molar-refractivity contribution is 0.0600. The zero-order valence-corrected chi connectivity index (χ0v) is 9.74. The first-order valence-corrected chi connectivity index (χ1v) is 5.12. The lowest BCUT2D eigenvalue weighted by atomic mass is 10.0. The Balaban J connectivity index is 3.22. The molecule has 16 heavy (non-hydrogen) atoms. The zero-order valence-electron chi connectivity index (χ0n) is 9.74. The molecular formula is C12H16O4. The number of benzene rings is 1. The van der Waals surface area contributed by atoms with Gasteiger partial charge in [0.05, 0.1) is 19.8 Å². The second-order valence-electron chi connectivity index (χ2n) is 3.43. The summed E-state index contributed by atoms with van der Waals surface area (Å²) in [6.07, 6.45) is 1.56. The van der Waals surface area contributed by atoms with Gasteiger partial charge in [-0.2, -0.15) is 0 Å². The quantitative estimate of drug-likeness (QED) is 0.796. The summed E-state index contributed by atoms with van der Waals surface area (Å²) in [5.41, 5.74) is 1.09. The fourth-order valence-corrected chi connectivity index (χ4v) is 1.52. The number of rotatable bonds is 4. The van der Waals surface area contributed by atoms with Gasteiger partial charge in [-0.05, 0) is 24.1 Å². The Bertz CT molecular complexity index is 385. The molecule has 0 aliphatic carbocycles. The van der Waals surface area contributed by atoms with Crippen molar-refractivity contribution < 1.29 is 19.4 Å². The van der Waals surface area contributed by atoms with Crippen molar-refractivity contribution in [3.05, 3.63) is 23.3 Å². The molecular weight excluding hydrogens is 208 g/mol. The van der Waals surface area contributed by atoms with Crippen molar-refractivity contribution in [1.82, 2.24) is 0 Å². The van der Waals surface area contributed by atoms with Crippen LogP contribution < -0.4 is 4.74 Å². The molecule has 0 aliphatic heterocycles. The maximum absolute atomic E-state index is 11.4. The van der Waals surface area contributed by atoms with E-state index in [4.69, 9.17) is 4.74 Å². The van der Waals surface area contributed by atoms with Gasteiger partial charge in [0, 0.05) is 0 Å². The first kappa shape index (κ1) is 12.4. The molecule has 0 unspecified atom stereocenters. The maximum Gasteiger partial charge on any atom is 0.337 e. The van der Waals surface area contributed by atoms with Crippen LogP contribution in [0.1, 0.15) is 29.3 Å². The van der Waals surface area contributed by atoms with Crippen molar-refractivity contribution in [1.29, 1.82) is 0 Å². The van der Waals surface area contributed by atoms with Crippen molar-refractivity contribution in [3.8, 4) is 11.5 Å². The lowest BCUT2D eigenvalue weighted by Gasteiger charge is -2.10. The van der Waals surface area contributed by atoms with E-state index in [1.54, 1.807) is 6.07 Å². The van der Waals surface area contributed by atoms with Crippen LogP contribution in [0.15, 0.2) is 12.1 Å². The third kappa shape index (κ3) is 2.45. The average Bonchev–Trinajstić information content (AvgIpc) is 2.31. The molecule has 0 saturated heterocycles. The summed E-state index contributed by atoms with van der Waals surface area (Å²) in [7, 11) is 2.77. The van der Waals surface area contributed by atoms with Crippen molar-refractivity contribution in [2.45, 2.75) is 19.8 Å². The number of carbonyl (C=O) groups is 1. The molecule has 0 atom stereocenters. The third-order valence-corrected chi connectivity index (χ3v) is 2.31. The highest BCUT2D eigenvalue weighted by molar-refractivity contribution is 5.90. The molecule has 0 amide bonds. The molecule has 0 radical (unpaired) electrons. The van der Waals surface area contributed by atoms with Gasteiger partial charge in [0.25, 0.3) is 0 Å². The number of carbonyl (C=O) groups excluding carboxylic acids is 1. The number of aryl methyl sites for hydroxylation is 1. The fraction of sp³-hybridized carbons (Fsp3) is 0.417. The molecule has 0 aromatic heterocycles. The van der Waals surface area contributed by atoms with Gasteiger partial charge in [-0.1, -0.05) is 13.3 Å². The Labute approximate surface area is 94.8 Å². The number of ether oxygens (including phenoxy) is 2. The van der Waals surface area contributed by atoms with Crippen molar-refractivity contribution >= 4 is 5.97 Å². The van der Waals surface area contributed by atoms with Gasteiger partial charge >= 0.3 is 5.97 Å². The van der Waals surface area contributed by atoms with Gasteiger partial charge in [0.2, 0.25) is 0 Å². The highest BCUT2D eigenvalue weighted by atomic mass is 16.5. The number of hydrogen-bond acceptors (Lipinski definition) is 4. The minimum Gasteiger partial charge on any atom is -0.504 e. The number of esters is 1. The van der Waals surface area contributed by atoms with Crippen LogP contribution in [0.25, 0.3) is 0 Å². The van der Waals surface area contributed by atoms with E-state index in [1.807, 2.05) is 6.92 Å². The van der Waals surface area contributed by atoms with Crippen LogP contribution in [-0.4, -0.2) is 25.3 Å². The number of phenols is 1. The standard InChI is InChI=1S/C12H16O4/c1-4-5-8-6-9(12(14)16-3)7-10(15-2)11(8)13/h6-7,13H,4-5H2,1-3H3. The Morgan fingerprint density at radius 2 is 2.06 bits per heavy atom. The highest BCUT2D eigenvalue weighted by Crippen LogP contribution is 2.32. The van der Waals surface area contributed by atoms with Crippen molar-refractivity contribution in [2.75, 3.05) is 14.2 Å². The Kier molecular flexibility index (Phi) is 4.17. The normalized spacial score (nSPS) is 9.94. The topological polar surface area (TPSA) is 55.8 Å². The van der Waals surface area contributed by atoms with Crippen molar-refractivity contribution in [2.24, 2.45) is 0 Å². The van der Waals surface area contributed by atoms with Gasteiger partial charge in [-0.15, -0.1) is 0 Å². The first-order chi connectivity index (χ1) is 7.63. The van der Waals surface area contributed by atoms with Gasteiger partial charge in [0.15, 0.2) is 11.5 Å². The largest absolute Gasteiger partial charge is 0.504 e. The first-order valence-electron chi connectivity index (χ1n) is 5.12. The van der Waals surface area contributed by atoms with Crippen LogP contribution in [0, 0.1) is 0 Å². The molecule has 1 rings (SSSR count). The molecule has 0 fully saturated rings. The lowest BCUT2D eigenvalue weighted by Crippen LogP contribution is -2.03. The smallest absolute Gasteiger partial charge is 0.337 e. The average molecular weight is 224 g/mol. The van der Waals surface area contributed by atoms with Crippen LogP contribution in [0.3, 0.4) is 0 Å². The van der Waals surface area contributed by atoms with Crippen LogP contribution in [0.5, 0.6) is 11.5 Å². The number of hydrogen-bond donors (Lipinski definition) is 1. The maximum atomic E-state index is 11.4. The molecule has 0 saturated carbocycles. The summed E-state index contributed by atoms with van der Waals surface area (Å²) in [5, 5.41) is 9.82. The number of phenolic OH excluding ortho intramolecular Hbond substituents is 1. The number of aromatic hydroxyl groups is 1. The van der Waals surface area contributed by atoms with Crippen molar-refractivity contribution in [3.63, 3.8) is 0 Å². The van der Waals surface area contributed by atoms with Crippen LogP contribution in [-0.2, 0) is 11.2 Å². The van der Waals surface area contributed by atoms with Gasteiger partial charge in [-0.25, -0.2) is 4.79 Å². The Morgan fingerprint density at radius 3 is 2.56 bits per heavy atom. The molecule has 0 aliphatic rings. The predicted octanol–water partition coefficient (Wildman–Crippen LogP) is 2.14. The fourth-order valence-electron chi connectivity index (χ4n) is 1.52. The van der Waals surface area contributed by atoms with Crippen LogP contribution in [0.4, 0.5) is 0 Å². The molecule has 0 spiro atoms. The molecule has 1 aromatic carbocycles. The molecule has 1 N–H and O–H groups in total. The van der Waals surface area contributed by atoms with E-state index in [0.717, 1.165) is 6.42 Å². The monoisotopic (exact) mass is 224 g/mol. The van der Waals surface area contributed by atoms with E-state index in [0.29, 0.717) is 23.3 Å². The molecule has 0 heterocycles. The summed E-state index contributed by atoms with van der Waals surface area (Å²) < 4.78 is 9.64. The summed E-state index contributed by atoms with van der Waals surface area (Å²) in [6, 6.07) is 3.10. The molecule has 0 bridgehead atoms. The molecule has 88 valence electrons. The van der Waals surface area contributed by atoms with Gasteiger partial charge < -0.3 is 14.6 Å². The Hall–Kier alpha value is -1.71. The summed E-state index contributed by atoms with van der Waals surface area (Å²) >= 11 is 0. The molecule has 4 nitrogen and oxygen atoms in total. The highest BCUT2D eigenvalue weighted by Gasteiger charge is 2.14. The predicted molar refractivity (Wildman–Crippen MR) is 60.0 cm³/mol. The second-order valence-corrected chi connectivity index (χ2v) is 3.43. The Morgan fingerprint density at radius 1 is 1.38 bits per heavy atom. The van der Waals surface area contributed by atoms with E-state index in [2.05, 4.69) is 4.74 Å². The summed E-state index contributed by atoms with van der Waals surface area (Å²) in [5.74, 6) is -0.0426. The van der Waals surface area contributed by atoms with Crippen LogP contribution >= 0.6 is 0 Å². The van der Waals surface area contributed by atoms with E-state index in [9.17, 15) is 9.90 Å².